The first-order valence-corrected chi connectivity index (χ1v) is 8.79. The highest BCUT2D eigenvalue weighted by molar-refractivity contribution is 7.89. The van der Waals surface area contributed by atoms with Gasteiger partial charge in [0.1, 0.15) is 0 Å². The minimum Gasteiger partial charge on any atom is -0.326 e. The summed E-state index contributed by atoms with van der Waals surface area (Å²) in [5, 5.41) is 0.413. The van der Waals surface area contributed by atoms with Crippen LogP contribution in [0.25, 0.3) is 0 Å². The third kappa shape index (κ3) is 3.52. The Kier molecular flexibility index (Phi) is 5.07. The van der Waals surface area contributed by atoms with Gasteiger partial charge in [-0.1, -0.05) is 24.6 Å². The maximum absolute atomic E-state index is 12.7. The zero-order chi connectivity index (χ0) is 14.8. The normalized spacial score (nSPS) is 15.8. The molecule has 4 nitrogen and oxygen atoms in total. The molecule has 1 aromatic carbocycles. The van der Waals surface area contributed by atoms with Crippen molar-refractivity contribution in [3.8, 4) is 0 Å². The van der Waals surface area contributed by atoms with E-state index in [0.717, 1.165) is 24.8 Å². The van der Waals surface area contributed by atoms with E-state index in [4.69, 9.17) is 17.3 Å². The summed E-state index contributed by atoms with van der Waals surface area (Å²) >= 11 is 6.07. The van der Waals surface area contributed by atoms with E-state index in [2.05, 4.69) is 0 Å². The Bertz CT molecular complexity index is 571. The SMILES string of the molecule is CCCN(CC1CC1)S(=O)(=O)c1ccc(CN)c(Cl)c1. The lowest BCUT2D eigenvalue weighted by Crippen LogP contribution is -2.33. The summed E-state index contributed by atoms with van der Waals surface area (Å²) in [6, 6.07) is 4.80. The van der Waals surface area contributed by atoms with Gasteiger partial charge < -0.3 is 5.73 Å². The van der Waals surface area contributed by atoms with E-state index in [0.29, 0.717) is 30.6 Å². The molecule has 0 amide bonds. The molecular formula is C14H21ClN2O2S. The topological polar surface area (TPSA) is 63.4 Å². The summed E-state index contributed by atoms with van der Waals surface area (Å²) in [5.74, 6) is 0.523. The van der Waals surface area contributed by atoms with Crippen LogP contribution in [0, 0.1) is 5.92 Å². The monoisotopic (exact) mass is 316 g/mol. The maximum atomic E-state index is 12.7. The third-order valence-corrected chi connectivity index (χ3v) is 5.73. The molecule has 1 aliphatic carbocycles. The summed E-state index contributed by atoms with van der Waals surface area (Å²) in [6.45, 7) is 3.46. The molecule has 0 unspecified atom stereocenters. The lowest BCUT2D eigenvalue weighted by molar-refractivity contribution is 0.395. The molecule has 1 aliphatic rings. The smallest absolute Gasteiger partial charge is 0.243 e. The zero-order valence-corrected chi connectivity index (χ0v) is 13.3. The fourth-order valence-corrected chi connectivity index (χ4v) is 4.11. The molecule has 0 aliphatic heterocycles. The highest BCUT2D eigenvalue weighted by Crippen LogP contribution is 2.32. The van der Waals surface area contributed by atoms with Crippen LogP contribution in [0.1, 0.15) is 31.7 Å². The molecule has 20 heavy (non-hydrogen) atoms. The molecule has 1 saturated carbocycles. The van der Waals surface area contributed by atoms with Gasteiger partial charge >= 0.3 is 0 Å². The van der Waals surface area contributed by atoms with Gasteiger partial charge in [0, 0.05) is 24.7 Å². The Morgan fingerprint density at radius 3 is 2.60 bits per heavy atom. The highest BCUT2D eigenvalue weighted by atomic mass is 35.5. The van der Waals surface area contributed by atoms with E-state index in [-0.39, 0.29) is 4.90 Å². The van der Waals surface area contributed by atoms with Crippen molar-refractivity contribution in [3.63, 3.8) is 0 Å². The van der Waals surface area contributed by atoms with E-state index in [1.807, 2.05) is 6.92 Å². The molecule has 0 bridgehead atoms. The van der Waals surface area contributed by atoms with Gasteiger partial charge in [0.2, 0.25) is 10.0 Å². The van der Waals surface area contributed by atoms with Crippen molar-refractivity contribution in [2.45, 2.75) is 37.6 Å². The second-order valence-electron chi connectivity index (χ2n) is 5.26. The first-order chi connectivity index (χ1) is 9.48. The minimum atomic E-state index is -3.46. The largest absolute Gasteiger partial charge is 0.326 e. The van der Waals surface area contributed by atoms with Crippen LogP contribution in [0.2, 0.25) is 5.02 Å². The lowest BCUT2D eigenvalue weighted by Gasteiger charge is -2.22. The molecule has 1 fully saturated rings. The molecule has 0 heterocycles. The highest BCUT2D eigenvalue weighted by Gasteiger charge is 2.31. The number of benzene rings is 1. The summed E-state index contributed by atoms with van der Waals surface area (Å²) in [7, 11) is -3.46. The van der Waals surface area contributed by atoms with Gasteiger partial charge in [-0.15, -0.1) is 0 Å². The van der Waals surface area contributed by atoms with Crippen LogP contribution in [0.4, 0.5) is 0 Å². The van der Waals surface area contributed by atoms with Crippen LogP contribution in [0.3, 0.4) is 0 Å². The number of sulfonamides is 1. The summed E-state index contributed by atoms with van der Waals surface area (Å²) < 4.78 is 26.9. The molecule has 0 saturated heterocycles. The first kappa shape index (κ1) is 15.8. The van der Waals surface area contributed by atoms with Crippen molar-refractivity contribution in [1.29, 1.82) is 0 Å². The molecular weight excluding hydrogens is 296 g/mol. The van der Waals surface area contributed by atoms with Gasteiger partial charge in [-0.25, -0.2) is 8.42 Å². The fraction of sp³-hybridized carbons (Fsp3) is 0.571. The molecule has 0 radical (unpaired) electrons. The molecule has 112 valence electrons. The van der Waals surface area contributed by atoms with Gasteiger partial charge in [0.05, 0.1) is 4.90 Å². The number of hydrogen-bond donors (Lipinski definition) is 1. The van der Waals surface area contributed by atoms with Crippen LogP contribution in [0.15, 0.2) is 23.1 Å². The lowest BCUT2D eigenvalue weighted by atomic mass is 10.2. The molecule has 2 N–H and O–H groups in total. The standard InChI is InChI=1S/C14H21ClN2O2S/c1-2-7-17(10-11-3-4-11)20(18,19)13-6-5-12(9-16)14(15)8-13/h5-6,8,11H,2-4,7,9-10,16H2,1H3. The minimum absolute atomic E-state index is 0.258. The fourth-order valence-electron chi connectivity index (χ4n) is 2.15. The van der Waals surface area contributed by atoms with Crippen molar-refractivity contribution in [3.05, 3.63) is 28.8 Å². The van der Waals surface area contributed by atoms with Gasteiger partial charge in [-0.3, -0.25) is 0 Å². The average molecular weight is 317 g/mol. The Balaban J connectivity index is 2.28. The molecule has 0 aromatic heterocycles. The number of rotatable bonds is 7. The van der Waals surface area contributed by atoms with Crippen LogP contribution in [-0.2, 0) is 16.6 Å². The zero-order valence-electron chi connectivity index (χ0n) is 11.7. The van der Waals surface area contributed by atoms with Gasteiger partial charge in [-0.05, 0) is 42.9 Å². The average Bonchev–Trinajstić information content (AvgIpc) is 3.22. The van der Waals surface area contributed by atoms with Crippen LogP contribution in [-0.4, -0.2) is 25.8 Å². The maximum Gasteiger partial charge on any atom is 0.243 e. The van der Waals surface area contributed by atoms with Crippen molar-refractivity contribution in [2.75, 3.05) is 13.1 Å². The Hall–Kier alpha value is -0.620. The second kappa shape index (κ2) is 6.43. The van der Waals surface area contributed by atoms with Crippen LogP contribution in [0.5, 0.6) is 0 Å². The third-order valence-electron chi connectivity index (χ3n) is 3.51. The quantitative estimate of drug-likeness (QED) is 0.841. The molecule has 6 heteroatoms. The van der Waals surface area contributed by atoms with Crippen molar-refractivity contribution in [1.82, 2.24) is 4.31 Å². The molecule has 2 rings (SSSR count). The van der Waals surface area contributed by atoms with Gasteiger partial charge in [0.15, 0.2) is 0 Å². The number of hydrogen-bond acceptors (Lipinski definition) is 3. The van der Waals surface area contributed by atoms with E-state index in [9.17, 15) is 8.42 Å². The Labute approximate surface area is 126 Å². The number of nitrogens with zero attached hydrogens (tertiary/aromatic N) is 1. The molecule has 1 aromatic rings. The Morgan fingerprint density at radius 2 is 2.10 bits per heavy atom. The predicted octanol–water partition coefficient (Wildman–Crippen LogP) is 2.61. The van der Waals surface area contributed by atoms with E-state index in [1.165, 1.54) is 6.07 Å². The van der Waals surface area contributed by atoms with Gasteiger partial charge in [0.25, 0.3) is 0 Å². The van der Waals surface area contributed by atoms with Crippen molar-refractivity contribution in [2.24, 2.45) is 11.7 Å². The molecule has 0 spiro atoms. The van der Waals surface area contributed by atoms with Crippen molar-refractivity contribution >= 4 is 21.6 Å². The van der Waals surface area contributed by atoms with Gasteiger partial charge in [-0.2, -0.15) is 4.31 Å². The van der Waals surface area contributed by atoms with E-state index in [1.54, 1.807) is 16.4 Å². The Morgan fingerprint density at radius 1 is 1.40 bits per heavy atom. The first-order valence-electron chi connectivity index (χ1n) is 6.97. The second-order valence-corrected chi connectivity index (χ2v) is 7.61. The predicted molar refractivity (Wildman–Crippen MR) is 81.1 cm³/mol. The number of nitrogens with two attached hydrogens (primary N) is 1. The van der Waals surface area contributed by atoms with Crippen LogP contribution >= 0.6 is 11.6 Å². The van der Waals surface area contributed by atoms with Crippen molar-refractivity contribution < 1.29 is 8.42 Å². The van der Waals surface area contributed by atoms with E-state index < -0.39 is 10.0 Å². The summed E-state index contributed by atoms with van der Waals surface area (Å²) in [4.78, 5) is 0.258. The van der Waals surface area contributed by atoms with E-state index >= 15 is 0 Å². The molecule has 0 atom stereocenters. The summed E-state index contributed by atoms with van der Waals surface area (Å²) in [6.07, 6.45) is 3.06. The van der Waals surface area contributed by atoms with Crippen LogP contribution < -0.4 is 5.73 Å². The number of halogens is 1. The summed E-state index contributed by atoms with van der Waals surface area (Å²) in [5.41, 5.74) is 6.31.